The highest BCUT2D eigenvalue weighted by Gasteiger charge is 2.21. The number of hydrogen-bond donors (Lipinski definition) is 1. The van der Waals surface area contributed by atoms with Crippen molar-refractivity contribution in [2.75, 3.05) is 0 Å². The van der Waals surface area contributed by atoms with E-state index in [2.05, 4.69) is 31.0 Å². The van der Waals surface area contributed by atoms with E-state index in [1.165, 1.54) is 43.3 Å². The Balaban J connectivity index is 2.00. The van der Waals surface area contributed by atoms with Crippen molar-refractivity contribution in [1.82, 2.24) is 5.32 Å². The summed E-state index contributed by atoms with van der Waals surface area (Å²) < 4.78 is 0. The zero-order valence-electron chi connectivity index (χ0n) is 14.2. The minimum absolute atomic E-state index is 0.193. The molecule has 2 nitrogen and oxygen atoms in total. The average molecular weight is 299 g/mol. The van der Waals surface area contributed by atoms with Crippen LogP contribution in [0.2, 0.25) is 0 Å². The maximum Gasteiger partial charge on any atom is 0.224 e. The molecule has 0 unspecified atom stereocenters. The molecule has 0 aromatic rings. The predicted octanol–water partition coefficient (Wildman–Crippen LogP) is 5.04. The number of rotatable bonds is 4. The van der Waals surface area contributed by atoms with E-state index in [-0.39, 0.29) is 5.91 Å². The number of hydrogen-bond acceptors (Lipinski definition) is 1. The van der Waals surface area contributed by atoms with Gasteiger partial charge >= 0.3 is 0 Å². The van der Waals surface area contributed by atoms with Crippen LogP contribution < -0.4 is 5.32 Å². The van der Waals surface area contributed by atoms with Gasteiger partial charge < -0.3 is 5.32 Å². The third-order valence-corrected chi connectivity index (χ3v) is 4.84. The van der Waals surface area contributed by atoms with E-state index in [0.717, 1.165) is 12.1 Å². The van der Waals surface area contributed by atoms with Crippen molar-refractivity contribution in [3.05, 3.63) is 40.8 Å². The second-order valence-corrected chi connectivity index (χ2v) is 6.80. The van der Waals surface area contributed by atoms with Gasteiger partial charge in [0.05, 0.1) is 0 Å². The summed E-state index contributed by atoms with van der Waals surface area (Å²) in [7, 11) is 0. The summed E-state index contributed by atoms with van der Waals surface area (Å²) in [6.07, 6.45) is 14.1. The van der Waals surface area contributed by atoms with Gasteiger partial charge in [-0.3, -0.25) is 4.79 Å². The molecule has 0 saturated heterocycles. The molecule has 1 amide bonds. The van der Waals surface area contributed by atoms with E-state index >= 15 is 0 Å². The molecule has 0 bridgehead atoms. The summed E-state index contributed by atoms with van der Waals surface area (Å²) >= 11 is 0. The summed E-state index contributed by atoms with van der Waals surface area (Å²) in [5, 5.41) is 3.17. The van der Waals surface area contributed by atoms with E-state index in [9.17, 15) is 4.79 Å². The minimum Gasteiger partial charge on any atom is -0.329 e. The number of nitrogens with one attached hydrogen (secondary N) is 1. The van der Waals surface area contributed by atoms with Gasteiger partial charge in [-0.1, -0.05) is 31.8 Å². The molecule has 0 aromatic carbocycles. The summed E-state index contributed by atoms with van der Waals surface area (Å²) in [4.78, 5) is 12.3. The summed E-state index contributed by atoms with van der Waals surface area (Å²) in [6, 6.07) is 0. The molecule has 2 aliphatic carbocycles. The lowest BCUT2D eigenvalue weighted by molar-refractivity contribution is -0.121. The van der Waals surface area contributed by atoms with Crippen molar-refractivity contribution in [2.45, 2.75) is 65.7 Å². The van der Waals surface area contributed by atoms with Crippen LogP contribution in [0, 0.1) is 11.8 Å². The van der Waals surface area contributed by atoms with Crippen molar-refractivity contribution in [3.8, 4) is 0 Å². The van der Waals surface area contributed by atoms with Crippen LogP contribution in [-0.2, 0) is 4.79 Å². The first-order valence-electron chi connectivity index (χ1n) is 8.68. The molecule has 0 heterocycles. The van der Waals surface area contributed by atoms with Crippen molar-refractivity contribution in [1.29, 1.82) is 0 Å². The number of amides is 1. The lowest BCUT2D eigenvalue weighted by Crippen LogP contribution is -2.29. The van der Waals surface area contributed by atoms with Crippen molar-refractivity contribution in [2.24, 2.45) is 11.8 Å². The molecular weight excluding hydrogens is 270 g/mol. The Morgan fingerprint density at radius 1 is 1.36 bits per heavy atom. The van der Waals surface area contributed by atoms with Gasteiger partial charge in [-0.15, -0.1) is 5.73 Å². The van der Waals surface area contributed by atoms with Gasteiger partial charge in [-0.05, 0) is 68.7 Å². The summed E-state index contributed by atoms with van der Waals surface area (Å²) in [6.45, 7) is 6.32. The van der Waals surface area contributed by atoms with Crippen LogP contribution in [0.5, 0.6) is 0 Å². The maximum atomic E-state index is 12.3. The normalized spacial score (nSPS) is 22.7. The number of carbonyl (C=O) groups excluding carboxylic acids is 1. The lowest BCUT2D eigenvalue weighted by atomic mass is 9.86. The van der Waals surface area contributed by atoms with Crippen LogP contribution in [0.3, 0.4) is 0 Å². The Hall–Kier alpha value is -1.53. The first-order chi connectivity index (χ1) is 10.6. The van der Waals surface area contributed by atoms with Crippen LogP contribution in [0.15, 0.2) is 40.8 Å². The standard InChI is InChI=1S/C20H29NO/c1-4-5-11-18-14-19(16(3)12-15(18)2)21-20(22)13-17-9-7-6-8-10-17/h4,11,14,16-17H,6-10,12-13H2,1-3H3,(H,21,22)/t5?,16-/m1/s1. The summed E-state index contributed by atoms with van der Waals surface area (Å²) in [5.74, 6) is 1.17. The molecule has 120 valence electrons. The number of carbonyl (C=O) groups is 1. The van der Waals surface area contributed by atoms with Crippen LogP contribution in [-0.4, -0.2) is 5.91 Å². The van der Waals surface area contributed by atoms with E-state index in [0.29, 0.717) is 18.3 Å². The van der Waals surface area contributed by atoms with Gasteiger partial charge in [-0.2, -0.15) is 0 Å². The second kappa shape index (κ2) is 8.19. The first kappa shape index (κ1) is 16.8. The van der Waals surface area contributed by atoms with E-state index in [4.69, 9.17) is 0 Å². The van der Waals surface area contributed by atoms with Gasteiger partial charge in [0.25, 0.3) is 0 Å². The van der Waals surface area contributed by atoms with Crippen molar-refractivity contribution in [3.63, 3.8) is 0 Å². The molecule has 0 spiro atoms. The molecule has 22 heavy (non-hydrogen) atoms. The monoisotopic (exact) mass is 299 g/mol. The Labute approximate surface area is 135 Å². The van der Waals surface area contributed by atoms with Gasteiger partial charge in [-0.25, -0.2) is 0 Å². The highest BCUT2D eigenvalue weighted by atomic mass is 16.1. The van der Waals surface area contributed by atoms with Gasteiger partial charge in [0.15, 0.2) is 0 Å². The molecule has 1 atom stereocenters. The van der Waals surface area contributed by atoms with Crippen LogP contribution in [0.4, 0.5) is 0 Å². The molecule has 1 N–H and O–H groups in total. The fourth-order valence-electron chi connectivity index (χ4n) is 3.48. The Kier molecular flexibility index (Phi) is 6.27. The average Bonchev–Trinajstić information content (AvgIpc) is 2.50. The molecular formula is C20H29NO. The first-order valence-corrected chi connectivity index (χ1v) is 8.68. The van der Waals surface area contributed by atoms with E-state index < -0.39 is 0 Å². The SMILES string of the molecule is CC=C=CC1=C(C)C[C@@H](C)C(NC(=O)CC2CCCCC2)=C1. The fourth-order valence-corrected chi connectivity index (χ4v) is 3.48. The largest absolute Gasteiger partial charge is 0.329 e. The molecule has 2 heteroatoms. The molecule has 0 radical (unpaired) electrons. The quantitative estimate of drug-likeness (QED) is 0.724. The Morgan fingerprint density at radius 2 is 2.09 bits per heavy atom. The zero-order chi connectivity index (χ0) is 15.9. The van der Waals surface area contributed by atoms with Crippen LogP contribution in [0.1, 0.15) is 65.7 Å². The van der Waals surface area contributed by atoms with E-state index in [1.54, 1.807) is 0 Å². The minimum atomic E-state index is 0.193. The smallest absolute Gasteiger partial charge is 0.224 e. The second-order valence-electron chi connectivity index (χ2n) is 6.80. The van der Waals surface area contributed by atoms with Gasteiger partial charge in [0.2, 0.25) is 5.91 Å². The van der Waals surface area contributed by atoms with Crippen LogP contribution >= 0.6 is 0 Å². The molecule has 0 aliphatic heterocycles. The molecule has 2 aliphatic rings. The van der Waals surface area contributed by atoms with Gasteiger partial charge in [0, 0.05) is 12.1 Å². The molecule has 0 aromatic heterocycles. The Bertz CT molecular complexity index is 526. The van der Waals surface area contributed by atoms with Crippen LogP contribution in [0.25, 0.3) is 0 Å². The van der Waals surface area contributed by atoms with Crippen molar-refractivity contribution < 1.29 is 4.79 Å². The molecule has 1 fully saturated rings. The topological polar surface area (TPSA) is 29.1 Å². The van der Waals surface area contributed by atoms with Gasteiger partial charge in [0.1, 0.15) is 0 Å². The fraction of sp³-hybridized carbons (Fsp3) is 0.600. The molecule has 2 rings (SSSR count). The highest BCUT2D eigenvalue weighted by Crippen LogP contribution is 2.29. The summed E-state index contributed by atoms with van der Waals surface area (Å²) in [5.41, 5.74) is 6.76. The Morgan fingerprint density at radius 3 is 2.77 bits per heavy atom. The lowest BCUT2D eigenvalue weighted by Gasteiger charge is -2.25. The zero-order valence-corrected chi connectivity index (χ0v) is 14.2. The molecule has 1 saturated carbocycles. The van der Waals surface area contributed by atoms with E-state index in [1.807, 2.05) is 19.1 Å². The van der Waals surface area contributed by atoms with Crippen molar-refractivity contribution >= 4 is 5.91 Å². The third kappa shape index (κ3) is 4.74. The predicted molar refractivity (Wildman–Crippen MR) is 92.2 cm³/mol. The third-order valence-electron chi connectivity index (χ3n) is 4.84. The highest BCUT2D eigenvalue weighted by molar-refractivity contribution is 5.78. The number of allylic oxidation sites excluding steroid dienone is 5. The maximum absolute atomic E-state index is 12.3.